The van der Waals surface area contributed by atoms with Crippen LogP contribution in [0.25, 0.3) is 0 Å². The Morgan fingerprint density at radius 3 is 2.39 bits per heavy atom. The van der Waals surface area contributed by atoms with Crippen LogP contribution in [0.1, 0.15) is 43.4 Å². The first-order chi connectivity index (χ1) is 14.8. The molecular formula is C23H27BrN4O3. The first kappa shape index (κ1) is 22.9. The number of nitrogens with zero attached hydrogens (tertiary/aromatic N) is 2. The number of pyridine rings is 1. The molecule has 0 bridgehead atoms. The number of carbonyl (C=O) groups excluding carboxylic acids is 3. The van der Waals surface area contributed by atoms with Crippen LogP contribution in [0.2, 0.25) is 0 Å². The van der Waals surface area contributed by atoms with Crippen LogP contribution in [0, 0.1) is 12.8 Å². The van der Waals surface area contributed by atoms with E-state index in [1.807, 2.05) is 37.3 Å². The summed E-state index contributed by atoms with van der Waals surface area (Å²) in [4.78, 5) is 43.0. The van der Waals surface area contributed by atoms with Crippen molar-refractivity contribution in [3.63, 3.8) is 0 Å². The highest BCUT2D eigenvalue weighted by Crippen LogP contribution is 2.23. The molecular weight excluding hydrogens is 460 g/mol. The molecule has 0 aliphatic carbocycles. The van der Waals surface area contributed by atoms with Crippen molar-refractivity contribution in [1.82, 2.24) is 15.2 Å². The van der Waals surface area contributed by atoms with Gasteiger partial charge in [0.15, 0.2) is 0 Å². The third-order valence-corrected chi connectivity index (χ3v) is 5.90. The van der Waals surface area contributed by atoms with E-state index in [-0.39, 0.29) is 36.1 Å². The van der Waals surface area contributed by atoms with Gasteiger partial charge >= 0.3 is 0 Å². The molecule has 1 fully saturated rings. The molecule has 1 aromatic heterocycles. The third-order valence-electron chi connectivity index (χ3n) is 5.43. The molecule has 2 N–H and O–H groups in total. The van der Waals surface area contributed by atoms with Gasteiger partial charge in [-0.2, -0.15) is 0 Å². The predicted molar refractivity (Wildman–Crippen MR) is 122 cm³/mol. The summed E-state index contributed by atoms with van der Waals surface area (Å²) in [5.41, 5.74) is 2.03. The summed E-state index contributed by atoms with van der Waals surface area (Å²) in [6, 6.07) is 11.0. The zero-order valence-corrected chi connectivity index (χ0v) is 19.3. The minimum atomic E-state index is -0.366. The van der Waals surface area contributed by atoms with E-state index in [0.717, 1.165) is 15.6 Å². The average molecular weight is 487 g/mol. The second-order valence-electron chi connectivity index (χ2n) is 7.87. The van der Waals surface area contributed by atoms with Gasteiger partial charge in [0.2, 0.25) is 17.7 Å². The Bertz CT molecular complexity index is 923. The molecule has 0 radical (unpaired) electrons. The van der Waals surface area contributed by atoms with Gasteiger partial charge in [0.05, 0.1) is 12.5 Å². The molecule has 8 heteroatoms. The molecule has 164 valence electrons. The number of piperidine rings is 1. The van der Waals surface area contributed by atoms with E-state index < -0.39 is 0 Å². The van der Waals surface area contributed by atoms with E-state index >= 15 is 0 Å². The molecule has 1 atom stereocenters. The van der Waals surface area contributed by atoms with Crippen LogP contribution in [0.15, 0.2) is 47.1 Å². The number of aromatic nitrogens is 1. The number of nitrogens with one attached hydrogen (secondary N) is 2. The second kappa shape index (κ2) is 10.5. The van der Waals surface area contributed by atoms with Gasteiger partial charge < -0.3 is 15.5 Å². The van der Waals surface area contributed by atoms with Crippen LogP contribution >= 0.6 is 15.9 Å². The second-order valence-corrected chi connectivity index (χ2v) is 8.79. The Balaban J connectivity index is 1.54. The molecule has 3 amide bonds. The maximum atomic E-state index is 12.9. The number of amides is 3. The van der Waals surface area contributed by atoms with Crippen LogP contribution in [0.4, 0.5) is 5.82 Å². The van der Waals surface area contributed by atoms with Gasteiger partial charge in [-0.1, -0.05) is 29.8 Å². The van der Waals surface area contributed by atoms with E-state index in [1.54, 1.807) is 17.2 Å². The molecule has 1 aromatic carbocycles. The molecule has 3 rings (SSSR count). The minimum absolute atomic E-state index is 0.0206. The first-order valence-corrected chi connectivity index (χ1v) is 11.1. The topological polar surface area (TPSA) is 91.4 Å². The quantitative estimate of drug-likeness (QED) is 0.652. The summed E-state index contributed by atoms with van der Waals surface area (Å²) in [7, 11) is 0. The molecule has 0 spiro atoms. The van der Waals surface area contributed by atoms with Crippen LogP contribution in [-0.2, 0) is 14.4 Å². The highest BCUT2D eigenvalue weighted by Gasteiger charge is 2.29. The molecule has 0 saturated carbocycles. The first-order valence-electron chi connectivity index (χ1n) is 10.4. The Hall–Kier alpha value is -2.74. The lowest BCUT2D eigenvalue weighted by Gasteiger charge is -2.32. The number of hydrogen-bond acceptors (Lipinski definition) is 4. The number of benzene rings is 1. The van der Waals surface area contributed by atoms with Crippen molar-refractivity contribution < 1.29 is 14.4 Å². The van der Waals surface area contributed by atoms with Gasteiger partial charge in [-0.3, -0.25) is 14.4 Å². The van der Waals surface area contributed by atoms with Crippen molar-refractivity contribution >= 4 is 39.5 Å². The van der Waals surface area contributed by atoms with E-state index in [0.29, 0.717) is 31.7 Å². The van der Waals surface area contributed by atoms with Gasteiger partial charge in [-0.05, 0) is 53.4 Å². The highest BCUT2D eigenvalue weighted by atomic mass is 79.9. The standard InChI is InChI=1S/C23H27BrN4O3/c1-15-3-5-17(6-4-15)20(26-16(2)29)13-22(30)28-11-9-18(10-12-28)23(31)27-21-8-7-19(24)14-25-21/h3-8,14,18,20H,9-13H2,1-2H3,(H,26,29)(H,25,27,31). The van der Waals surface area contributed by atoms with Gasteiger partial charge in [-0.15, -0.1) is 0 Å². The monoisotopic (exact) mass is 486 g/mol. The zero-order valence-electron chi connectivity index (χ0n) is 17.7. The Labute approximate surface area is 190 Å². The van der Waals surface area contributed by atoms with Gasteiger partial charge in [0, 0.05) is 36.6 Å². The van der Waals surface area contributed by atoms with Crippen molar-refractivity contribution in [2.75, 3.05) is 18.4 Å². The lowest BCUT2D eigenvalue weighted by Crippen LogP contribution is -2.43. The van der Waals surface area contributed by atoms with Crippen molar-refractivity contribution in [3.05, 3.63) is 58.2 Å². The van der Waals surface area contributed by atoms with E-state index in [2.05, 4.69) is 31.5 Å². The molecule has 2 aromatic rings. The number of anilines is 1. The molecule has 31 heavy (non-hydrogen) atoms. The number of likely N-dealkylation sites (tertiary alicyclic amines) is 1. The lowest BCUT2D eigenvalue weighted by molar-refractivity contribution is -0.135. The summed E-state index contributed by atoms with van der Waals surface area (Å²) in [6.45, 7) is 4.49. The molecule has 7 nitrogen and oxygen atoms in total. The fourth-order valence-corrected chi connectivity index (χ4v) is 3.90. The SMILES string of the molecule is CC(=O)NC(CC(=O)N1CCC(C(=O)Nc2ccc(Br)cn2)CC1)c1ccc(C)cc1. The van der Waals surface area contributed by atoms with Crippen molar-refractivity contribution in [2.24, 2.45) is 5.92 Å². The van der Waals surface area contributed by atoms with Gasteiger partial charge in [0.25, 0.3) is 0 Å². The van der Waals surface area contributed by atoms with Gasteiger partial charge in [0.1, 0.15) is 5.82 Å². The summed E-state index contributed by atoms with van der Waals surface area (Å²) in [5.74, 6) is 0.0986. The van der Waals surface area contributed by atoms with Gasteiger partial charge in [-0.25, -0.2) is 4.98 Å². The number of aryl methyl sites for hydroxylation is 1. The molecule has 1 aliphatic heterocycles. The van der Waals surface area contributed by atoms with E-state index in [4.69, 9.17) is 0 Å². The minimum Gasteiger partial charge on any atom is -0.349 e. The number of hydrogen-bond donors (Lipinski definition) is 2. The number of halogens is 1. The lowest BCUT2D eigenvalue weighted by atomic mass is 9.95. The van der Waals surface area contributed by atoms with Crippen molar-refractivity contribution in [1.29, 1.82) is 0 Å². The molecule has 1 unspecified atom stereocenters. The van der Waals surface area contributed by atoms with Crippen LogP contribution in [0.3, 0.4) is 0 Å². The summed E-state index contributed by atoms with van der Waals surface area (Å²) in [6.07, 6.45) is 3.03. The summed E-state index contributed by atoms with van der Waals surface area (Å²) >= 11 is 3.32. The fourth-order valence-electron chi connectivity index (χ4n) is 3.67. The molecule has 2 heterocycles. The average Bonchev–Trinajstić information content (AvgIpc) is 2.75. The fraction of sp³-hybridized carbons (Fsp3) is 0.391. The van der Waals surface area contributed by atoms with E-state index in [9.17, 15) is 14.4 Å². The van der Waals surface area contributed by atoms with Crippen molar-refractivity contribution in [3.8, 4) is 0 Å². The van der Waals surface area contributed by atoms with E-state index in [1.165, 1.54) is 6.92 Å². The molecule has 1 aliphatic rings. The Kier molecular flexibility index (Phi) is 7.79. The van der Waals surface area contributed by atoms with Crippen LogP contribution < -0.4 is 10.6 Å². The smallest absolute Gasteiger partial charge is 0.228 e. The molecule has 1 saturated heterocycles. The van der Waals surface area contributed by atoms with Crippen molar-refractivity contribution in [2.45, 2.75) is 39.2 Å². The number of rotatable bonds is 6. The Morgan fingerprint density at radius 2 is 1.81 bits per heavy atom. The maximum Gasteiger partial charge on any atom is 0.228 e. The normalized spacial score (nSPS) is 15.3. The highest BCUT2D eigenvalue weighted by molar-refractivity contribution is 9.10. The predicted octanol–water partition coefficient (Wildman–Crippen LogP) is 3.60. The van der Waals surface area contributed by atoms with Crippen LogP contribution in [0.5, 0.6) is 0 Å². The number of carbonyl (C=O) groups is 3. The maximum absolute atomic E-state index is 12.9. The summed E-state index contributed by atoms with van der Waals surface area (Å²) < 4.78 is 0.848. The Morgan fingerprint density at radius 1 is 1.13 bits per heavy atom. The van der Waals surface area contributed by atoms with Crippen LogP contribution in [-0.4, -0.2) is 40.7 Å². The largest absolute Gasteiger partial charge is 0.349 e. The zero-order chi connectivity index (χ0) is 22.4. The third kappa shape index (κ3) is 6.62. The summed E-state index contributed by atoms with van der Waals surface area (Å²) in [5, 5.41) is 5.72.